The molecular formula is C9H14F2N4O3S. The monoisotopic (exact) mass is 296 g/mol. The minimum Gasteiger partial charge on any atom is -0.335 e. The third-order valence-electron chi connectivity index (χ3n) is 2.39. The summed E-state index contributed by atoms with van der Waals surface area (Å²) in [6.07, 6.45) is -2.47. The molecule has 108 valence electrons. The molecule has 0 atom stereocenters. The Bertz CT molecular complexity index is 570. The lowest BCUT2D eigenvalue weighted by Crippen LogP contribution is -2.33. The van der Waals surface area contributed by atoms with Crippen LogP contribution < -0.4 is 5.14 Å². The Balaban J connectivity index is 3.22. The van der Waals surface area contributed by atoms with Crippen LogP contribution >= 0.6 is 0 Å². The molecule has 1 aromatic heterocycles. The minimum atomic E-state index is -4.17. The van der Waals surface area contributed by atoms with Crippen LogP contribution in [0.25, 0.3) is 0 Å². The van der Waals surface area contributed by atoms with Crippen LogP contribution in [-0.4, -0.2) is 49.4 Å². The summed E-state index contributed by atoms with van der Waals surface area (Å²) in [6.45, 7) is 0.816. The third-order valence-corrected chi connectivity index (χ3v) is 3.40. The van der Waals surface area contributed by atoms with Crippen LogP contribution in [0.1, 0.15) is 23.1 Å². The number of nitrogens with one attached hydrogen (secondary N) is 1. The summed E-state index contributed by atoms with van der Waals surface area (Å²) in [6, 6.07) is 0. The lowest BCUT2D eigenvalue weighted by atomic mass is 10.3. The first-order chi connectivity index (χ1) is 8.68. The molecule has 0 saturated carbocycles. The van der Waals surface area contributed by atoms with E-state index < -0.39 is 39.5 Å². The van der Waals surface area contributed by atoms with E-state index in [1.165, 1.54) is 0 Å². The highest BCUT2D eigenvalue weighted by molar-refractivity contribution is 7.89. The maximum Gasteiger partial charge on any atom is 0.275 e. The number of halogens is 2. The number of hydrogen-bond acceptors (Lipinski definition) is 4. The van der Waals surface area contributed by atoms with E-state index in [0.717, 1.165) is 7.05 Å². The number of carbonyl (C=O) groups excluding carboxylic acids is 1. The average Bonchev–Trinajstić information content (AvgIpc) is 2.70. The average molecular weight is 296 g/mol. The van der Waals surface area contributed by atoms with E-state index in [1.54, 1.807) is 6.92 Å². The Labute approximate surface area is 108 Å². The van der Waals surface area contributed by atoms with Crippen molar-refractivity contribution in [3.63, 3.8) is 0 Å². The molecule has 1 heterocycles. The fourth-order valence-electron chi connectivity index (χ4n) is 1.53. The van der Waals surface area contributed by atoms with Crippen molar-refractivity contribution >= 4 is 15.9 Å². The van der Waals surface area contributed by atoms with Gasteiger partial charge in [0.15, 0.2) is 5.69 Å². The van der Waals surface area contributed by atoms with E-state index in [4.69, 9.17) is 5.14 Å². The molecule has 0 saturated heterocycles. The van der Waals surface area contributed by atoms with Crippen LogP contribution in [0, 0.1) is 0 Å². The number of nitrogens with two attached hydrogens (primary N) is 1. The quantitative estimate of drug-likeness (QED) is 0.794. The molecule has 0 aliphatic carbocycles. The predicted octanol–water partition coefficient (Wildman–Crippen LogP) is -0.0434. The second-order valence-electron chi connectivity index (χ2n) is 3.86. The molecule has 0 aliphatic heterocycles. The molecule has 0 aromatic carbocycles. The number of aryl methyl sites for hydroxylation is 1. The number of nitrogens with zero attached hydrogens (tertiary/aromatic N) is 2. The van der Waals surface area contributed by atoms with Crippen molar-refractivity contribution in [3.05, 3.63) is 11.4 Å². The molecule has 10 heteroatoms. The Hall–Kier alpha value is -1.55. The number of aromatic amines is 1. The smallest absolute Gasteiger partial charge is 0.275 e. The molecular weight excluding hydrogens is 282 g/mol. The summed E-state index contributed by atoms with van der Waals surface area (Å²) < 4.78 is 47.3. The van der Waals surface area contributed by atoms with Crippen molar-refractivity contribution in [1.82, 2.24) is 15.1 Å². The molecule has 0 radical (unpaired) electrons. The number of hydrogen-bond donors (Lipinski definition) is 2. The van der Waals surface area contributed by atoms with Crippen molar-refractivity contribution in [2.24, 2.45) is 5.14 Å². The van der Waals surface area contributed by atoms with Gasteiger partial charge in [-0.2, -0.15) is 5.10 Å². The highest BCUT2D eigenvalue weighted by atomic mass is 32.2. The first kappa shape index (κ1) is 15.5. The fraction of sp³-hybridized carbons (Fsp3) is 0.556. The second kappa shape index (κ2) is 5.61. The Morgan fingerprint density at radius 2 is 2.11 bits per heavy atom. The Kier molecular flexibility index (Phi) is 4.58. The van der Waals surface area contributed by atoms with Gasteiger partial charge in [0.1, 0.15) is 4.90 Å². The molecule has 0 aliphatic rings. The summed E-state index contributed by atoms with van der Waals surface area (Å²) >= 11 is 0. The number of carbonyl (C=O) groups is 1. The standard InChI is InChI=1S/C9H14F2N4O3S/c1-3-5-8(19(12,17)18)7(14-13-5)9(16)15(2)4-6(10)11/h6H,3-4H2,1-2H3,(H,13,14)(H2,12,17,18). The molecule has 1 rings (SSSR count). The first-order valence-corrected chi connectivity index (χ1v) is 6.86. The Morgan fingerprint density at radius 1 is 1.53 bits per heavy atom. The lowest BCUT2D eigenvalue weighted by molar-refractivity contribution is 0.0612. The third kappa shape index (κ3) is 3.47. The zero-order valence-corrected chi connectivity index (χ0v) is 11.2. The van der Waals surface area contributed by atoms with E-state index in [0.29, 0.717) is 4.90 Å². The van der Waals surface area contributed by atoms with Gasteiger partial charge in [-0.15, -0.1) is 0 Å². The van der Waals surface area contributed by atoms with E-state index in [-0.39, 0.29) is 12.1 Å². The van der Waals surface area contributed by atoms with Gasteiger partial charge in [-0.1, -0.05) is 6.92 Å². The topological polar surface area (TPSA) is 109 Å². The van der Waals surface area contributed by atoms with Gasteiger partial charge < -0.3 is 4.90 Å². The number of alkyl halides is 2. The number of primary sulfonamides is 1. The van der Waals surface area contributed by atoms with Gasteiger partial charge >= 0.3 is 0 Å². The Morgan fingerprint density at radius 3 is 2.53 bits per heavy atom. The summed E-state index contributed by atoms with van der Waals surface area (Å²) in [4.78, 5) is 12.1. The molecule has 1 aromatic rings. The zero-order chi connectivity index (χ0) is 14.8. The molecule has 7 nitrogen and oxygen atoms in total. The number of rotatable bonds is 5. The van der Waals surface area contributed by atoms with Crippen LogP contribution in [-0.2, 0) is 16.4 Å². The van der Waals surface area contributed by atoms with E-state index in [1.807, 2.05) is 0 Å². The number of sulfonamides is 1. The van der Waals surface area contributed by atoms with Crippen molar-refractivity contribution < 1.29 is 22.0 Å². The summed E-state index contributed by atoms with van der Waals surface area (Å²) in [5, 5.41) is 10.9. The van der Waals surface area contributed by atoms with Crippen LogP contribution in [0.2, 0.25) is 0 Å². The zero-order valence-electron chi connectivity index (χ0n) is 10.4. The maximum absolute atomic E-state index is 12.2. The molecule has 0 bridgehead atoms. The number of amides is 1. The van der Waals surface area contributed by atoms with Crippen molar-refractivity contribution in [1.29, 1.82) is 0 Å². The molecule has 0 unspecified atom stereocenters. The lowest BCUT2D eigenvalue weighted by Gasteiger charge is -2.15. The largest absolute Gasteiger partial charge is 0.335 e. The van der Waals surface area contributed by atoms with Gasteiger partial charge in [-0.3, -0.25) is 9.89 Å². The predicted molar refractivity (Wildman–Crippen MR) is 62.3 cm³/mol. The number of aromatic nitrogens is 2. The van der Waals surface area contributed by atoms with E-state index in [2.05, 4.69) is 10.2 Å². The highest BCUT2D eigenvalue weighted by Crippen LogP contribution is 2.18. The summed E-state index contributed by atoms with van der Waals surface area (Å²) in [5.74, 6) is -0.930. The molecule has 0 fully saturated rings. The van der Waals surface area contributed by atoms with E-state index in [9.17, 15) is 22.0 Å². The first-order valence-electron chi connectivity index (χ1n) is 5.32. The molecule has 19 heavy (non-hydrogen) atoms. The summed E-state index contributed by atoms with van der Waals surface area (Å²) in [7, 11) is -3.04. The van der Waals surface area contributed by atoms with Crippen LogP contribution in [0.5, 0.6) is 0 Å². The minimum absolute atomic E-state index is 0.163. The normalized spacial score (nSPS) is 11.9. The van der Waals surface area contributed by atoms with E-state index >= 15 is 0 Å². The highest BCUT2D eigenvalue weighted by Gasteiger charge is 2.29. The molecule has 0 spiro atoms. The SMILES string of the molecule is CCc1[nH]nc(C(=O)N(C)CC(F)F)c1S(N)(=O)=O. The van der Waals surface area contributed by atoms with Gasteiger partial charge in [-0.05, 0) is 6.42 Å². The fourth-order valence-corrected chi connectivity index (χ4v) is 2.47. The van der Waals surface area contributed by atoms with Crippen LogP contribution in [0.15, 0.2) is 4.90 Å². The van der Waals surface area contributed by atoms with Gasteiger partial charge in [0.2, 0.25) is 10.0 Å². The van der Waals surface area contributed by atoms with Crippen molar-refractivity contribution in [2.75, 3.05) is 13.6 Å². The maximum atomic E-state index is 12.2. The second-order valence-corrected chi connectivity index (χ2v) is 5.35. The number of H-pyrrole nitrogens is 1. The molecule has 1 amide bonds. The molecule has 3 N–H and O–H groups in total. The van der Waals surface area contributed by atoms with Crippen LogP contribution in [0.4, 0.5) is 8.78 Å². The van der Waals surface area contributed by atoms with Gasteiger partial charge in [0.05, 0.1) is 12.2 Å². The van der Waals surface area contributed by atoms with Crippen molar-refractivity contribution in [2.45, 2.75) is 24.7 Å². The van der Waals surface area contributed by atoms with Gasteiger partial charge in [0, 0.05) is 7.05 Å². The van der Waals surface area contributed by atoms with Gasteiger partial charge in [0.25, 0.3) is 12.3 Å². The van der Waals surface area contributed by atoms with Crippen LogP contribution in [0.3, 0.4) is 0 Å². The summed E-state index contributed by atoms with van der Waals surface area (Å²) in [5.41, 5.74) is -0.307. The van der Waals surface area contributed by atoms with Gasteiger partial charge in [-0.25, -0.2) is 22.3 Å². The van der Waals surface area contributed by atoms with Crippen molar-refractivity contribution in [3.8, 4) is 0 Å².